The molecule has 0 fully saturated rings. The van der Waals surface area contributed by atoms with Gasteiger partial charge in [0.25, 0.3) is 5.91 Å². The first kappa shape index (κ1) is 15.4. The second kappa shape index (κ2) is 6.41. The van der Waals surface area contributed by atoms with Gasteiger partial charge in [-0.05, 0) is 31.7 Å². The van der Waals surface area contributed by atoms with Crippen LogP contribution in [0.25, 0.3) is 0 Å². The standard InChI is InChI=1S/C17H16N4OS2/c1-10-5-7-11(8-6-10)9-14-20-21-17(24-14)19-15(22)16-18-12-3-2-4-13(12)23-16/h5-8H,2-4,9H2,1H3,(H,19,21,22). The average Bonchev–Trinajstić information content (AvgIpc) is 3.25. The Hall–Kier alpha value is -2.12. The summed E-state index contributed by atoms with van der Waals surface area (Å²) in [6.45, 7) is 2.07. The highest BCUT2D eigenvalue weighted by Crippen LogP contribution is 2.28. The highest BCUT2D eigenvalue weighted by Gasteiger charge is 2.21. The number of nitrogens with one attached hydrogen (secondary N) is 1. The number of rotatable bonds is 4. The number of aromatic nitrogens is 3. The molecule has 2 heterocycles. The lowest BCUT2D eigenvalue weighted by atomic mass is 10.1. The summed E-state index contributed by atoms with van der Waals surface area (Å²) in [7, 11) is 0. The highest BCUT2D eigenvalue weighted by atomic mass is 32.1. The maximum atomic E-state index is 12.3. The average molecular weight is 356 g/mol. The first-order valence-electron chi connectivity index (χ1n) is 7.85. The fourth-order valence-corrected chi connectivity index (χ4v) is 4.51. The molecule has 1 aliphatic carbocycles. The topological polar surface area (TPSA) is 67.8 Å². The number of anilines is 1. The van der Waals surface area contributed by atoms with E-state index in [4.69, 9.17) is 0 Å². The summed E-state index contributed by atoms with van der Waals surface area (Å²) in [6.07, 6.45) is 3.90. The molecule has 7 heteroatoms. The molecule has 0 spiro atoms. The Balaban J connectivity index is 1.42. The molecule has 24 heavy (non-hydrogen) atoms. The first-order valence-corrected chi connectivity index (χ1v) is 9.48. The van der Waals surface area contributed by atoms with E-state index >= 15 is 0 Å². The third-order valence-corrected chi connectivity index (χ3v) is 5.95. The predicted molar refractivity (Wildman–Crippen MR) is 96.0 cm³/mol. The van der Waals surface area contributed by atoms with Crippen LogP contribution in [0, 0.1) is 6.92 Å². The number of hydrogen-bond acceptors (Lipinski definition) is 6. The summed E-state index contributed by atoms with van der Waals surface area (Å²) < 4.78 is 0. The normalized spacial score (nSPS) is 13.0. The van der Waals surface area contributed by atoms with Gasteiger partial charge in [-0.3, -0.25) is 10.1 Å². The molecule has 1 aromatic carbocycles. The van der Waals surface area contributed by atoms with E-state index in [0.29, 0.717) is 10.1 Å². The molecule has 4 rings (SSSR count). The second-order valence-electron chi connectivity index (χ2n) is 5.86. The van der Waals surface area contributed by atoms with E-state index in [0.717, 1.165) is 36.4 Å². The highest BCUT2D eigenvalue weighted by molar-refractivity contribution is 7.16. The molecule has 1 N–H and O–H groups in total. The van der Waals surface area contributed by atoms with E-state index in [-0.39, 0.29) is 5.91 Å². The number of carbonyl (C=O) groups is 1. The van der Waals surface area contributed by atoms with Gasteiger partial charge in [0.2, 0.25) is 5.13 Å². The van der Waals surface area contributed by atoms with E-state index in [1.807, 2.05) is 0 Å². The van der Waals surface area contributed by atoms with Crippen molar-refractivity contribution in [3.63, 3.8) is 0 Å². The van der Waals surface area contributed by atoms with Gasteiger partial charge in [0, 0.05) is 11.3 Å². The van der Waals surface area contributed by atoms with Crippen LogP contribution in [0.15, 0.2) is 24.3 Å². The van der Waals surface area contributed by atoms with Crippen LogP contribution in [0.1, 0.15) is 42.9 Å². The molecule has 0 saturated heterocycles. The third kappa shape index (κ3) is 3.22. The lowest BCUT2D eigenvalue weighted by Gasteiger charge is -1.98. The van der Waals surface area contributed by atoms with Crippen molar-refractivity contribution < 1.29 is 4.79 Å². The van der Waals surface area contributed by atoms with Gasteiger partial charge < -0.3 is 0 Å². The number of thiazole rings is 1. The van der Waals surface area contributed by atoms with Crippen molar-refractivity contribution >= 4 is 33.7 Å². The molecule has 0 atom stereocenters. The van der Waals surface area contributed by atoms with Crippen molar-refractivity contribution in [2.24, 2.45) is 0 Å². The fourth-order valence-electron chi connectivity index (χ4n) is 2.69. The van der Waals surface area contributed by atoms with Gasteiger partial charge in [-0.15, -0.1) is 21.5 Å². The number of amides is 1. The van der Waals surface area contributed by atoms with Crippen molar-refractivity contribution in [3.8, 4) is 0 Å². The van der Waals surface area contributed by atoms with Crippen LogP contribution in [0.5, 0.6) is 0 Å². The van der Waals surface area contributed by atoms with Gasteiger partial charge >= 0.3 is 0 Å². The van der Waals surface area contributed by atoms with Crippen LogP contribution in [0.3, 0.4) is 0 Å². The summed E-state index contributed by atoms with van der Waals surface area (Å²) in [4.78, 5) is 18.0. The molecule has 5 nitrogen and oxygen atoms in total. The third-order valence-electron chi connectivity index (χ3n) is 3.95. The Labute approximate surface area is 147 Å². The van der Waals surface area contributed by atoms with Crippen molar-refractivity contribution in [1.82, 2.24) is 15.2 Å². The van der Waals surface area contributed by atoms with E-state index in [9.17, 15) is 4.79 Å². The first-order chi connectivity index (χ1) is 11.7. The quantitative estimate of drug-likeness (QED) is 0.775. The van der Waals surface area contributed by atoms with Crippen molar-refractivity contribution in [1.29, 1.82) is 0 Å². The molecule has 0 aliphatic heterocycles. The van der Waals surface area contributed by atoms with Gasteiger partial charge in [-0.1, -0.05) is 41.2 Å². The van der Waals surface area contributed by atoms with Crippen molar-refractivity contribution in [2.45, 2.75) is 32.6 Å². The molecule has 0 radical (unpaired) electrons. The molecule has 0 unspecified atom stereocenters. The molecule has 122 valence electrons. The Morgan fingerprint density at radius 2 is 2.00 bits per heavy atom. The van der Waals surface area contributed by atoms with Gasteiger partial charge in [-0.25, -0.2) is 4.98 Å². The maximum absolute atomic E-state index is 12.3. The summed E-state index contributed by atoms with van der Waals surface area (Å²) in [5.74, 6) is -0.188. The molecule has 0 saturated carbocycles. The van der Waals surface area contributed by atoms with Crippen molar-refractivity contribution in [2.75, 3.05) is 5.32 Å². The van der Waals surface area contributed by atoms with Crippen LogP contribution in [0.4, 0.5) is 5.13 Å². The predicted octanol–water partition coefficient (Wildman–Crippen LogP) is 3.63. The molecule has 3 aromatic rings. The SMILES string of the molecule is Cc1ccc(Cc2nnc(NC(=O)c3nc4c(s3)CCC4)s2)cc1. The summed E-state index contributed by atoms with van der Waals surface area (Å²) in [5, 5.41) is 13.0. The molecular weight excluding hydrogens is 340 g/mol. The molecule has 1 aliphatic rings. The van der Waals surface area contributed by atoms with Crippen LogP contribution in [0.2, 0.25) is 0 Å². The van der Waals surface area contributed by atoms with E-state index < -0.39 is 0 Å². The minimum absolute atomic E-state index is 0.188. The molecule has 0 bridgehead atoms. The van der Waals surface area contributed by atoms with E-state index in [1.165, 1.54) is 38.7 Å². The fraction of sp³-hybridized carbons (Fsp3) is 0.294. The van der Waals surface area contributed by atoms with E-state index in [1.54, 1.807) is 0 Å². The zero-order chi connectivity index (χ0) is 16.5. The number of carbonyl (C=O) groups excluding carboxylic acids is 1. The number of fused-ring (bicyclic) bond motifs is 1. The van der Waals surface area contributed by atoms with Crippen LogP contribution in [-0.4, -0.2) is 21.1 Å². The largest absolute Gasteiger partial charge is 0.294 e. The lowest BCUT2D eigenvalue weighted by molar-refractivity contribution is 0.102. The number of aryl methyl sites for hydroxylation is 3. The van der Waals surface area contributed by atoms with Gasteiger partial charge in [0.1, 0.15) is 5.01 Å². The van der Waals surface area contributed by atoms with Gasteiger partial charge in [0.05, 0.1) is 5.69 Å². The van der Waals surface area contributed by atoms with Crippen LogP contribution >= 0.6 is 22.7 Å². The minimum atomic E-state index is -0.188. The minimum Gasteiger partial charge on any atom is -0.294 e. The second-order valence-corrected chi connectivity index (χ2v) is 8.01. The Morgan fingerprint density at radius 3 is 2.79 bits per heavy atom. The Kier molecular flexibility index (Phi) is 4.12. The van der Waals surface area contributed by atoms with Crippen LogP contribution in [-0.2, 0) is 19.3 Å². The number of hydrogen-bond donors (Lipinski definition) is 1. The molecule has 2 aromatic heterocycles. The van der Waals surface area contributed by atoms with Gasteiger partial charge in [-0.2, -0.15) is 0 Å². The monoisotopic (exact) mass is 356 g/mol. The van der Waals surface area contributed by atoms with Gasteiger partial charge in [0.15, 0.2) is 5.01 Å². The summed E-state index contributed by atoms with van der Waals surface area (Å²) >= 11 is 2.90. The van der Waals surface area contributed by atoms with Crippen molar-refractivity contribution in [3.05, 3.63) is 56.0 Å². The van der Waals surface area contributed by atoms with Crippen LogP contribution < -0.4 is 5.32 Å². The Morgan fingerprint density at radius 1 is 1.17 bits per heavy atom. The maximum Gasteiger partial charge on any atom is 0.286 e. The zero-order valence-corrected chi connectivity index (χ0v) is 14.8. The van der Waals surface area contributed by atoms with E-state index in [2.05, 4.69) is 51.7 Å². The molecular formula is C17H16N4OS2. The zero-order valence-electron chi connectivity index (χ0n) is 13.2. The number of nitrogens with zero attached hydrogens (tertiary/aromatic N) is 3. The lowest BCUT2D eigenvalue weighted by Crippen LogP contribution is -2.11. The Bertz CT molecular complexity index is 861. The number of benzene rings is 1. The summed E-state index contributed by atoms with van der Waals surface area (Å²) in [6, 6.07) is 8.35. The smallest absolute Gasteiger partial charge is 0.286 e. The summed E-state index contributed by atoms with van der Waals surface area (Å²) in [5.41, 5.74) is 3.51. The molecule has 1 amide bonds.